The van der Waals surface area contributed by atoms with E-state index in [1.54, 1.807) is 12.3 Å². The fraction of sp³-hybridized carbons (Fsp3) is 0.400. The SMILES string of the molecule is CC/C(C)=C(\C(=O)NCc1ccc(N2CCN(c3ccccc3)CC2)cc1)N1C=C(C(C)(F)P)C=C/C1=C\C(C)CC. The molecular weight excluding hydrogens is 542 g/mol. The second kappa shape index (κ2) is 14.2. The zero-order valence-corrected chi connectivity index (χ0v) is 26.9. The summed E-state index contributed by atoms with van der Waals surface area (Å²) in [7, 11) is 2.26. The Kier molecular flexibility index (Phi) is 10.7. The Balaban J connectivity index is 1.44. The highest BCUT2D eigenvalue weighted by atomic mass is 31.0. The molecule has 5 nitrogen and oxygen atoms in total. The van der Waals surface area contributed by atoms with Crippen molar-refractivity contribution in [1.29, 1.82) is 0 Å². The van der Waals surface area contributed by atoms with Crippen molar-refractivity contribution in [2.45, 2.75) is 59.4 Å². The van der Waals surface area contributed by atoms with E-state index in [-0.39, 0.29) is 5.91 Å². The fourth-order valence-electron chi connectivity index (χ4n) is 5.17. The second-order valence-corrected chi connectivity index (χ2v) is 12.6. The lowest BCUT2D eigenvalue weighted by Gasteiger charge is -2.37. The number of nitrogens with one attached hydrogen (secondary N) is 1. The molecule has 0 spiro atoms. The molecule has 1 N–H and O–H groups in total. The van der Waals surface area contributed by atoms with E-state index < -0.39 is 5.41 Å². The molecule has 0 bridgehead atoms. The van der Waals surface area contributed by atoms with Crippen molar-refractivity contribution in [1.82, 2.24) is 10.2 Å². The van der Waals surface area contributed by atoms with Crippen LogP contribution in [0.4, 0.5) is 15.8 Å². The first-order valence-electron chi connectivity index (χ1n) is 15.1. The van der Waals surface area contributed by atoms with Gasteiger partial charge in [0.05, 0.1) is 0 Å². The highest BCUT2D eigenvalue weighted by molar-refractivity contribution is 7.19. The topological polar surface area (TPSA) is 38.8 Å². The largest absolute Gasteiger partial charge is 0.368 e. The highest BCUT2D eigenvalue weighted by Gasteiger charge is 2.29. The van der Waals surface area contributed by atoms with E-state index in [9.17, 15) is 9.18 Å². The van der Waals surface area contributed by atoms with Crippen LogP contribution in [-0.4, -0.2) is 42.4 Å². The zero-order valence-electron chi connectivity index (χ0n) is 25.7. The molecule has 0 radical (unpaired) electrons. The Labute approximate surface area is 254 Å². The van der Waals surface area contributed by atoms with Crippen LogP contribution in [0.15, 0.2) is 102 Å². The zero-order chi connectivity index (χ0) is 30.3. The first-order valence-corrected chi connectivity index (χ1v) is 15.7. The number of carbonyl (C=O) groups excluding carboxylic acids is 1. The van der Waals surface area contributed by atoms with Gasteiger partial charge in [-0.3, -0.25) is 4.79 Å². The Bertz CT molecular complexity index is 1330. The van der Waals surface area contributed by atoms with Gasteiger partial charge < -0.3 is 20.0 Å². The summed E-state index contributed by atoms with van der Waals surface area (Å²) >= 11 is 0. The number of hydrogen-bond donors (Lipinski definition) is 1. The second-order valence-electron chi connectivity index (χ2n) is 11.5. The van der Waals surface area contributed by atoms with Crippen LogP contribution >= 0.6 is 9.24 Å². The van der Waals surface area contributed by atoms with E-state index in [4.69, 9.17) is 0 Å². The number of benzene rings is 2. The number of halogens is 1. The van der Waals surface area contributed by atoms with Crippen molar-refractivity contribution in [2.24, 2.45) is 5.92 Å². The minimum atomic E-state index is -1.60. The van der Waals surface area contributed by atoms with Gasteiger partial charge in [0.1, 0.15) is 11.1 Å². The molecule has 1 fully saturated rings. The number of hydrogen-bond acceptors (Lipinski definition) is 4. The van der Waals surface area contributed by atoms with E-state index >= 15 is 0 Å². The van der Waals surface area contributed by atoms with Crippen LogP contribution in [0.25, 0.3) is 0 Å². The van der Waals surface area contributed by atoms with E-state index in [1.807, 2.05) is 24.8 Å². The number of piperazine rings is 1. The number of anilines is 2. The lowest BCUT2D eigenvalue weighted by Crippen LogP contribution is -2.46. The monoisotopic (exact) mass is 588 g/mol. The van der Waals surface area contributed by atoms with Crippen LogP contribution in [0.2, 0.25) is 0 Å². The summed E-state index contributed by atoms with van der Waals surface area (Å²) in [6.45, 7) is 14.1. The third kappa shape index (κ3) is 7.92. The van der Waals surface area contributed by atoms with E-state index in [2.05, 4.69) is 98.9 Å². The van der Waals surface area contributed by atoms with Crippen LogP contribution < -0.4 is 15.1 Å². The maximum absolute atomic E-state index is 15.0. The predicted molar refractivity (Wildman–Crippen MR) is 178 cm³/mol. The normalized spacial score (nSPS) is 19.3. The van der Waals surface area contributed by atoms with Crippen molar-refractivity contribution >= 4 is 26.5 Å². The lowest BCUT2D eigenvalue weighted by molar-refractivity contribution is -0.118. The smallest absolute Gasteiger partial charge is 0.268 e. The Morgan fingerprint density at radius 1 is 1.00 bits per heavy atom. The molecule has 2 aromatic carbocycles. The summed E-state index contributed by atoms with van der Waals surface area (Å²) in [6, 6.07) is 19.0. The van der Waals surface area contributed by atoms with Gasteiger partial charge in [-0.2, -0.15) is 0 Å². The molecule has 0 aromatic heterocycles. The van der Waals surface area contributed by atoms with Crippen molar-refractivity contribution in [3.05, 3.63) is 107 Å². The van der Waals surface area contributed by atoms with Crippen molar-refractivity contribution in [3.8, 4) is 0 Å². The molecule has 2 aliphatic rings. The molecule has 2 heterocycles. The molecule has 7 heteroatoms. The quantitative estimate of drug-likeness (QED) is 0.230. The molecule has 0 saturated carbocycles. The first-order chi connectivity index (χ1) is 20.1. The first kappa shape index (κ1) is 31.6. The van der Waals surface area contributed by atoms with Crippen LogP contribution in [0.3, 0.4) is 0 Å². The minimum absolute atomic E-state index is 0.166. The maximum atomic E-state index is 15.0. The molecular formula is C35H46FN4OP. The van der Waals surface area contributed by atoms with E-state index in [0.29, 0.717) is 30.2 Å². The average molecular weight is 589 g/mol. The van der Waals surface area contributed by atoms with Gasteiger partial charge in [-0.05, 0) is 67.7 Å². The van der Waals surface area contributed by atoms with E-state index in [1.165, 1.54) is 18.3 Å². The van der Waals surface area contributed by atoms with Gasteiger partial charge in [0.15, 0.2) is 0 Å². The van der Waals surface area contributed by atoms with Gasteiger partial charge in [0.2, 0.25) is 0 Å². The number of para-hydroxylation sites is 1. The standard InChI is InChI=1S/C35H46FN4OP/c1-6-26(3)23-32-18-15-29(35(5,36)42)25-40(32)33(27(4)7-2)34(41)37-24-28-13-16-31(17-14-28)39-21-19-38(20-22-39)30-11-9-8-10-12-30/h8-18,23,25-26H,6-7,19-22,24,42H2,1-5H3,(H,37,41)/b32-23+,33-27+. The Morgan fingerprint density at radius 2 is 1.60 bits per heavy atom. The summed E-state index contributed by atoms with van der Waals surface area (Å²) in [5, 5.41) is 1.53. The van der Waals surface area contributed by atoms with Crippen molar-refractivity contribution in [2.75, 3.05) is 36.0 Å². The fourth-order valence-corrected chi connectivity index (χ4v) is 5.34. The molecule has 1 saturated heterocycles. The number of nitrogens with zero attached hydrogens (tertiary/aromatic N) is 3. The van der Waals surface area contributed by atoms with Crippen LogP contribution in [0, 0.1) is 5.92 Å². The molecule has 2 aromatic rings. The van der Waals surface area contributed by atoms with Gasteiger partial charge in [-0.15, -0.1) is 0 Å². The Hall–Kier alpha value is -3.37. The van der Waals surface area contributed by atoms with Gasteiger partial charge >= 0.3 is 0 Å². The summed E-state index contributed by atoms with van der Waals surface area (Å²) in [5.41, 5.74) is 6.40. The number of carbonyl (C=O) groups is 1. The third-order valence-electron chi connectivity index (χ3n) is 8.19. The number of allylic oxidation sites excluding steroid dienone is 5. The van der Waals surface area contributed by atoms with E-state index in [0.717, 1.165) is 49.4 Å². The average Bonchev–Trinajstić information content (AvgIpc) is 3.01. The third-order valence-corrected chi connectivity index (χ3v) is 8.52. The number of alkyl halides is 1. The molecule has 1 amide bonds. The number of rotatable bonds is 10. The lowest BCUT2D eigenvalue weighted by atomic mass is 10.0. The molecule has 2 aliphatic heterocycles. The summed E-state index contributed by atoms with van der Waals surface area (Å²) in [4.78, 5) is 20.4. The highest BCUT2D eigenvalue weighted by Crippen LogP contribution is 2.36. The summed E-state index contributed by atoms with van der Waals surface area (Å²) < 4.78 is 15.0. The molecule has 0 aliphatic carbocycles. The Morgan fingerprint density at radius 3 is 2.14 bits per heavy atom. The summed E-state index contributed by atoms with van der Waals surface area (Å²) in [5.74, 6) is 0.154. The molecule has 3 atom stereocenters. The predicted octanol–water partition coefficient (Wildman–Crippen LogP) is 7.56. The minimum Gasteiger partial charge on any atom is -0.368 e. The number of amides is 1. The van der Waals surface area contributed by atoms with Gasteiger partial charge in [-0.25, -0.2) is 4.39 Å². The maximum Gasteiger partial charge on any atom is 0.268 e. The van der Waals surface area contributed by atoms with Gasteiger partial charge in [0.25, 0.3) is 5.91 Å². The van der Waals surface area contributed by atoms with Crippen LogP contribution in [-0.2, 0) is 11.3 Å². The van der Waals surface area contributed by atoms with Crippen molar-refractivity contribution in [3.63, 3.8) is 0 Å². The molecule has 224 valence electrons. The molecule has 3 unspecified atom stereocenters. The van der Waals surface area contributed by atoms with Crippen molar-refractivity contribution < 1.29 is 9.18 Å². The van der Waals surface area contributed by atoms with Crippen LogP contribution in [0.1, 0.15) is 53.0 Å². The van der Waals surface area contributed by atoms with Gasteiger partial charge in [0, 0.05) is 61.6 Å². The molecule has 4 rings (SSSR count). The van der Waals surface area contributed by atoms with Crippen LogP contribution in [0.5, 0.6) is 0 Å². The molecule has 42 heavy (non-hydrogen) atoms. The van der Waals surface area contributed by atoms with Gasteiger partial charge in [-0.1, -0.05) is 78.9 Å². The summed E-state index contributed by atoms with van der Waals surface area (Å²) in [6.07, 6.45) is 9.32.